The van der Waals surface area contributed by atoms with E-state index in [0.717, 1.165) is 5.69 Å². The Hall–Kier alpha value is -3.91. The lowest BCUT2D eigenvalue weighted by atomic mass is 10.1. The van der Waals surface area contributed by atoms with Gasteiger partial charge in [-0.3, -0.25) is 4.79 Å². The number of methoxy groups -OCH3 is 1. The van der Waals surface area contributed by atoms with Crippen LogP contribution in [0.2, 0.25) is 0 Å². The van der Waals surface area contributed by atoms with Gasteiger partial charge in [-0.2, -0.15) is 5.10 Å². The Morgan fingerprint density at radius 3 is 2.59 bits per heavy atom. The molecule has 4 aromatic rings. The molecule has 0 atom stereocenters. The molecule has 0 fully saturated rings. The first-order valence-corrected chi connectivity index (χ1v) is 11.2. The van der Waals surface area contributed by atoms with E-state index >= 15 is 0 Å². The Kier molecular flexibility index (Phi) is 7.39. The number of carbonyl (C=O) groups excluding carboxylic acids is 1. The molecular formula is C26H21BrFN3O3. The van der Waals surface area contributed by atoms with E-state index < -0.39 is 0 Å². The molecule has 0 bridgehead atoms. The molecule has 8 heteroatoms. The third-order valence-corrected chi connectivity index (χ3v) is 5.58. The first kappa shape index (κ1) is 23.3. The molecule has 0 unspecified atom stereocenters. The number of hydrazone groups is 1. The maximum atomic E-state index is 13.9. The summed E-state index contributed by atoms with van der Waals surface area (Å²) in [6, 6.07) is 21.0. The number of nitrogens with one attached hydrogen (secondary N) is 1. The van der Waals surface area contributed by atoms with Crippen LogP contribution in [0.25, 0.3) is 5.69 Å². The fourth-order valence-corrected chi connectivity index (χ4v) is 3.91. The van der Waals surface area contributed by atoms with Crippen LogP contribution >= 0.6 is 15.9 Å². The molecule has 172 valence electrons. The van der Waals surface area contributed by atoms with Crippen molar-refractivity contribution in [2.45, 2.75) is 6.61 Å². The molecule has 34 heavy (non-hydrogen) atoms. The van der Waals surface area contributed by atoms with Crippen molar-refractivity contribution in [2.75, 3.05) is 7.11 Å². The highest BCUT2D eigenvalue weighted by atomic mass is 79.9. The van der Waals surface area contributed by atoms with Gasteiger partial charge in [-0.15, -0.1) is 0 Å². The highest BCUT2D eigenvalue weighted by Crippen LogP contribution is 2.37. The van der Waals surface area contributed by atoms with Crippen LogP contribution in [-0.2, 0) is 6.61 Å². The Morgan fingerprint density at radius 2 is 1.82 bits per heavy atom. The standard InChI is InChI=1S/C26H21BrFN3O3/c1-33-24-15-18(14-21(27)25(24)34-17-19-8-2-4-10-22(19)28)16-29-30-26(32)20-9-3-5-11-23(20)31-12-6-7-13-31/h2-16H,17H2,1H3,(H,30,32)/b29-16-. The highest BCUT2D eigenvalue weighted by molar-refractivity contribution is 9.10. The zero-order chi connectivity index (χ0) is 23.9. The van der Waals surface area contributed by atoms with Gasteiger partial charge in [-0.25, -0.2) is 9.82 Å². The second kappa shape index (κ2) is 10.8. The minimum absolute atomic E-state index is 0.0476. The third kappa shape index (κ3) is 5.35. The van der Waals surface area contributed by atoms with E-state index in [1.807, 2.05) is 41.2 Å². The van der Waals surface area contributed by atoms with Crippen LogP contribution in [0.1, 0.15) is 21.5 Å². The molecule has 0 radical (unpaired) electrons. The van der Waals surface area contributed by atoms with Crippen molar-refractivity contribution < 1.29 is 18.7 Å². The molecule has 1 aromatic heterocycles. The monoisotopic (exact) mass is 521 g/mol. The van der Waals surface area contributed by atoms with Gasteiger partial charge in [0.1, 0.15) is 12.4 Å². The van der Waals surface area contributed by atoms with Crippen LogP contribution in [0.15, 0.2) is 94.8 Å². The van der Waals surface area contributed by atoms with E-state index in [2.05, 4.69) is 26.5 Å². The number of hydrogen-bond acceptors (Lipinski definition) is 4. The van der Waals surface area contributed by atoms with Crippen LogP contribution in [0.5, 0.6) is 11.5 Å². The molecule has 4 rings (SSSR count). The van der Waals surface area contributed by atoms with Crippen molar-refractivity contribution in [2.24, 2.45) is 5.10 Å². The number of ether oxygens (including phenoxy) is 2. The lowest BCUT2D eigenvalue weighted by Gasteiger charge is -2.14. The number of carbonyl (C=O) groups is 1. The van der Waals surface area contributed by atoms with Crippen molar-refractivity contribution in [1.82, 2.24) is 9.99 Å². The predicted molar refractivity (Wildman–Crippen MR) is 132 cm³/mol. The minimum atomic E-state index is -0.338. The van der Waals surface area contributed by atoms with Gasteiger partial charge in [0, 0.05) is 18.0 Å². The largest absolute Gasteiger partial charge is 0.493 e. The lowest BCUT2D eigenvalue weighted by molar-refractivity contribution is 0.0955. The number of nitrogens with zero attached hydrogens (tertiary/aromatic N) is 2. The quantitative estimate of drug-likeness (QED) is 0.238. The molecule has 1 heterocycles. The van der Waals surface area contributed by atoms with Gasteiger partial charge in [-0.05, 0) is 64.0 Å². The van der Waals surface area contributed by atoms with Crippen LogP contribution in [0, 0.1) is 5.82 Å². The SMILES string of the molecule is COc1cc(/C=N\NC(=O)c2ccccc2-n2cccc2)cc(Br)c1OCc1ccccc1F. The Labute approximate surface area is 204 Å². The van der Waals surface area contributed by atoms with E-state index in [1.165, 1.54) is 19.4 Å². The lowest BCUT2D eigenvalue weighted by Crippen LogP contribution is -2.19. The molecule has 0 aliphatic heterocycles. The van der Waals surface area contributed by atoms with Gasteiger partial charge < -0.3 is 14.0 Å². The Balaban J connectivity index is 1.47. The van der Waals surface area contributed by atoms with Gasteiger partial charge in [0.05, 0.1) is 29.0 Å². The van der Waals surface area contributed by atoms with Crippen molar-refractivity contribution >= 4 is 28.1 Å². The van der Waals surface area contributed by atoms with Crippen molar-refractivity contribution in [3.63, 3.8) is 0 Å². The molecule has 3 aromatic carbocycles. The van der Waals surface area contributed by atoms with Crippen molar-refractivity contribution in [3.8, 4) is 17.2 Å². The van der Waals surface area contributed by atoms with Crippen molar-refractivity contribution in [3.05, 3.63) is 112 Å². The summed E-state index contributed by atoms with van der Waals surface area (Å²) < 4.78 is 27.6. The Morgan fingerprint density at radius 1 is 1.09 bits per heavy atom. The molecular weight excluding hydrogens is 501 g/mol. The summed E-state index contributed by atoms with van der Waals surface area (Å²) >= 11 is 3.47. The zero-order valence-corrected chi connectivity index (χ0v) is 19.8. The van der Waals surface area contributed by atoms with Crippen LogP contribution < -0.4 is 14.9 Å². The number of para-hydroxylation sites is 1. The molecule has 0 saturated heterocycles. The molecule has 0 aliphatic rings. The molecule has 1 N–H and O–H groups in total. The van der Waals surface area contributed by atoms with E-state index in [1.54, 1.807) is 42.5 Å². The fourth-order valence-electron chi connectivity index (χ4n) is 3.33. The summed E-state index contributed by atoms with van der Waals surface area (Å²) in [5.41, 5.74) is 4.91. The third-order valence-electron chi connectivity index (χ3n) is 4.99. The van der Waals surface area contributed by atoms with E-state index in [0.29, 0.717) is 32.7 Å². The number of halogens is 2. The maximum Gasteiger partial charge on any atom is 0.273 e. The van der Waals surface area contributed by atoms with Gasteiger partial charge in [-0.1, -0.05) is 30.3 Å². The van der Waals surface area contributed by atoms with Crippen molar-refractivity contribution in [1.29, 1.82) is 0 Å². The number of rotatable bonds is 8. The second-order valence-corrected chi connectivity index (χ2v) is 8.08. The number of aromatic nitrogens is 1. The minimum Gasteiger partial charge on any atom is -0.493 e. The molecule has 0 saturated carbocycles. The summed E-state index contributed by atoms with van der Waals surface area (Å²) in [5.74, 6) is 0.205. The van der Waals surface area contributed by atoms with E-state index in [-0.39, 0.29) is 18.3 Å². The fraction of sp³-hybridized carbons (Fsp3) is 0.0769. The molecule has 1 amide bonds. The van der Waals surface area contributed by atoms with Crippen LogP contribution in [0.4, 0.5) is 4.39 Å². The van der Waals surface area contributed by atoms with E-state index in [9.17, 15) is 9.18 Å². The average Bonchev–Trinajstić information content (AvgIpc) is 3.39. The first-order chi connectivity index (χ1) is 16.6. The van der Waals surface area contributed by atoms with Gasteiger partial charge in [0.2, 0.25) is 0 Å². The number of amides is 1. The summed E-state index contributed by atoms with van der Waals surface area (Å²) in [5, 5.41) is 4.09. The van der Waals surface area contributed by atoms with Gasteiger partial charge in [0.15, 0.2) is 11.5 Å². The molecule has 0 aliphatic carbocycles. The smallest absolute Gasteiger partial charge is 0.273 e. The summed E-state index contributed by atoms with van der Waals surface area (Å²) in [6.07, 6.45) is 5.24. The van der Waals surface area contributed by atoms with E-state index in [4.69, 9.17) is 9.47 Å². The normalized spacial score (nSPS) is 10.9. The Bertz CT molecular complexity index is 1320. The summed E-state index contributed by atoms with van der Waals surface area (Å²) in [4.78, 5) is 12.7. The number of benzene rings is 3. The topological polar surface area (TPSA) is 64.8 Å². The summed E-state index contributed by atoms with van der Waals surface area (Å²) in [7, 11) is 1.51. The van der Waals surface area contributed by atoms with Crippen LogP contribution in [0.3, 0.4) is 0 Å². The summed E-state index contributed by atoms with van der Waals surface area (Å²) in [6.45, 7) is 0.0476. The van der Waals surface area contributed by atoms with Crippen LogP contribution in [-0.4, -0.2) is 23.8 Å². The first-order valence-electron chi connectivity index (χ1n) is 10.4. The maximum absolute atomic E-state index is 13.9. The van der Waals surface area contributed by atoms with Gasteiger partial charge in [0.25, 0.3) is 5.91 Å². The van der Waals surface area contributed by atoms with Gasteiger partial charge >= 0.3 is 0 Å². The zero-order valence-electron chi connectivity index (χ0n) is 18.2. The molecule has 0 spiro atoms. The second-order valence-electron chi connectivity index (χ2n) is 7.22. The average molecular weight is 522 g/mol. The highest BCUT2D eigenvalue weighted by Gasteiger charge is 2.14. The predicted octanol–water partition coefficient (Wildman–Crippen LogP) is 5.73. The number of hydrogen-bond donors (Lipinski definition) is 1. The molecule has 6 nitrogen and oxygen atoms in total.